The van der Waals surface area contributed by atoms with E-state index in [1.165, 1.54) is 5.01 Å². The number of benzene rings is 2. The number of hydrogen-bond acceptors (Lipinski definition) is 7. The van der Waals surface area contributed by atoms with Crippen LogP contribution in [0.4, 0.5) is 0 Å². The molecule has 9 heteroatoms. The maximum Gasteiger partial charge on any atom is 0.306 e. The number of esters is 1. The average molecular weight is 451 g/mol. The van der Waals surface area contributed by atoms with Crippen molar-refractivity contribution in [2.24, 2.45) is 5.10 Å². The predicted molar refractivity (Wildman–Crippen MR) is 119 cm³/mol. The predicted octanol–water partition coefficient (Wildman–Crippen LogP) is 1.90. The second kappa shape index (κ2) is 10.6. The first-order chi connectivity index (χ1) is 16.1. The third-order valence-electron chi connectivity index (χ3n) is 5.20. The lowest BCUT2D eigenvalue weighted by molar-refractivity contribution is -0.150. The van der Waals surface area contributed by atoms with E-state index < -0.39 is 18.5 Å². The maximum atomic E-state index is 12.3. The van der Waals surface area contributed by atoms with Crippen LogP contribution in [0, 0.1) is 0 Å². The number of para-hydroxylation sites is 2. The van der Waals surface area contributed by atoms with Crippen molar-refractivity contribution in [3.8, 4) is 11.5 Å². The molecule has 0 bridgehead atoms. The molecule has 1 atom stereocenters. The zero-order chi connectivity index (χ0) is 23.0. The fourth-order valence-corrected chi connectivity index (χ4v) is 3.47. The van der Waals surface area contributed by atoms with Crippen LogP contribution >= 0.6 is 0 Å². The van der Waals surface area contributed by atoms with Gasteiger partial charge >= 0.3 is 5.97 Å². The smallest absolute Gasteiger partial charge is 0.306 e. The molecule has 0 saturated carbocycles. The average Bonchev–Trinajstić information content (AvgIpc) is 3.36. The molecular formula is C24H25N3O6. The van der Waals surface area contributed by atoms with Crippen LogP contribution in [0.5, 0.6) is 11.5 Å². The number of carbonyl (C=O) groups excluding carboxylic acids is 3. The van der Waals surface area contributed by atoms with Gasteiger partial charge in [-0.2, -0.15) is 5.10 Å². The zero-order valence-electron chi connectivity index (χ0n) is 18.1. The number of amides is 2. The molecule has 2 heterocycles. The quantitative estimate of drug-likeness (QED) is 0.615. The molecule has 1 N–H and O–H groups in total. The van der Waals surface area contributed by atoms with E-state index in [9.17, 15) is 14.4 Å². The Morgan fingerprint density at radius 2 is 1.79 bits per heavy atom. The van der Waals surface area contributed by atoms with Crippen LogP contribution in [0.3, 0.4) is 0 Å². The van der Waals surface area contributed by atoms with E-state index in [1.807, 2.05) is 48.5 Å². The lowest BCUT2D eigenvalue weighted by Crippen LogP contribution is -2.42. The molecule has 172 valence electrons. The molecule has 33 heavy (non-hydrogen) atoms. The minimum absolute atomic E-state index is 0.0291. The van der Waals surface area contributed by atoms with Gasteiger partial charge in [0.1, 0.15) is 12.7 Å². The van der Waals surface area contributed by atoms with E-state index in [4.69, 9.17) is 14.2 Å². The molecule has 0 aliphatic carbocycles. The van der Waals surface area contributed by atoms with Gasteiger partial charge in [-0.25, -0.2) is 5.01 Å². The van der Waals surface area contributed by atoms with Crippen LogP contribution in [0.1, 0.15) is 24.8 Å². The Morgan fingerprint density at radius 1 is 1.03 bits per heavy atom. The molecule has 2 aliphatic heterocycles. The second-order valence-electron chi connectivity index (χ2n) is 7.64. The topological polar surface area (TPSA) is 107 Å². The van der Waals surface area contributed by atoms with E-state index in [-0.39, 0.29) is 31.4 Å². The summed E-state index contributed by atoms with van der Waals surface area (Å²) < 4.78 is 16.3. The van der Waals surface area contributed by atoms with Crippen LogP contribution < -0.4 is 14.8 Å². The molecule has 2 aliphatic rings. The lowest BCUT2D eigenvalue weighted by atomic mass is 10.1. The Bertz CT molecular complexity index is 1040. The van der Waals surface area contributed by atoms with Gasteiger partial charge in [-0.1, -0.05) is 42.5 Å². The molecule has 9 nitrogen and oxygen atoms in total. The Balaban J connectivity index is 1.12. The number of carbonyl (C=O) groups is 3. The van der Waals surface area contributed by atoms with Gasteiger partial charge in [-0.15, -0.1) is 0 Å². The van der Waals surface area contributed by atoms with Gasteiger partial charge < -0.3 is 19.5 Å². The molecule has 2 aromatic carbocycles. The van der Waals surface area contributed by atoms with Crippen LogP contribution in [0.15, 0.2) is 59.7 Å². The van der Waals surface area contributed by atoms with Crippen molar-refractivity contribution in [3.63, 3.8) is 0 Å². The van der Waals surface area contributed by atoms with E-state index >= 15 is 0 Å². The Hall–Kier alpha value is -3.88. The van der Waals surface area contributed by atoms with Crippen LogP contribution in [0.2, 0.25) is 0 Å². The maximum absolute atomic E-state index is 12.3. The fourth-order valence-electron chi connectivity index (χ4n) is 3.47. The highest BCUT2D eigenvalue weighted by molar-refractivity contribution is 6.02. The Kier molecular flexibility index (Phi) is 7.19. The van der Waals surface area contributed by atoms with Gasteiger partial charge in [0.15, 0.2) is 18.1 Å². The van der Waals surface area contributed by atoms with Gasteiger partial charge in [0.25, 0.3) is 5.91 Å². The van der Waals surface area contributed by atoms with Crippen molar-refractivity contribution in [1.82, 2.24) is 10.3 Å². The number of rotatable bonds is 8. The molecule has 2 amide bonds. The van der Waals surface area contributed by atoms with Crippen molar-refractivity contribution >= 4 is 23.5 Å². The molecule has 4 rings (SSSR count). The minimum atomic E-state index is -0.615. The summed E-state index contributed by atoms with van der Waals surface area (Å²) in [5.41, 5.74) is 1.83. The first-order valence-electron chi connectivity index (χ1n) is 10.8. The fraction of sp³-hybridized carbons (Fsp3) is 0.333. The third kappa shape index (κ3) is 6.09. The summed E-state index contributed by atoms with van der Waals surface area (Å²) in [6.45, 7) is 0.596. The largest absolute Gasteiger partial charge is 0.486 e. The van der Waals surface area contributed by atoms with Gasteiger partial charge in [0, 0.05) is 12.8 Å². The van der Waals surface area contributed by atoms with E-state index in [2.05, 4.69) is 10.4 Å². The molecule has 0 spiro atoms. The SMILES string of the molecule is O=C(COC(=O)CCC(=O)N1CCC(c2ccccc2)=N1)NC[C@@H]1COc2ccccc2O1. The van der Waals surface area contributed by atoms with E-state index in [1.54, 1.807) is 6.07 Å². The lowest BCUT2D eigenvalue weighted by Gasteiger charge is -2.26. The monoisotopic (exact) mass is 451 g/mol. The summed E-state index contributed by atoms with van der Waals surface area (Å²) in [7, 11) is 0. The first-order valence-corrected chi connectivity index (χ1v) is 10.8. The van der Waals surface area contributed by atoms with Crippen molar-refractivity contribution in [3.05, 3.63) is 60.2 Å². The van der Waals surface area contributed by atoms with Gasteiger partial charge in [0.2, 0.25) is 5.91 Å². The Labute approximate surface area is 191 Å². The summed E-state index contributed by atoms with van der Waals surface area (Å²) in [4.78, 5) is 36.3. The van der Waals surface area contributed by atoms with Gasteiger partial charge in [-0.05, 0) is 17.7 Å². The number of ether oxygens (including phenoxy) is 3. The molecular weight excluding hydrogens is 426 g/mol. The number of hydrogen-bond donors (Lipinski definition) is 1. The molecule has 2 aromatic rings. The molecule has 0 unspecified atom stereocenters. The molecule has 0 saturated heterocycles. The first kappa shape index (κ1) is 22.3. The third-order valence-corrected chi connectivity index (χ3v) is 5.20. The number of hydrazone groups is 1. The minimum Gasteiger partial charge on any atom is -0.486 e. The van der Waals surface area contributed by atoms with Gasteiger partial charge in [-0.3, -0.25) is 14.4 Å². The summed E-state index contributed by atoms with van der Waals surface area (Å²) in [6, 6.07) is 17.0. The summed E-state index contributed by atoms with van der Waals surface area (Å²) in [5, 5.41) is 8.39. The van der Waals surface area contributed by atoms with Crippen molar-refractivity contribution in [1.29, 1.82) is 0 Å². The molecule has 0 aromatic heterocycles. The summed E-state index contributed by atoms with van der Waals surface area (Å²) in [6.07, 6.45) is 0.189. The van der Waals surface area contributed by atoms with E-state index in [0.29, 0.717) is 31.1 Å². The standard InChI is InChI=1S/C24H25N3O6/c28-22(25-14-18-15-31-20-8-4-5-9-21(20)33-18)16-32-24(30)11-10-23(29)27-13-12-19(26-27)17-6-2-1-3-7-17/h1-9,18H,10-16H2,(H,25,28)/t18-/m1/s1. The normalized spacial score (nSPS) is 16.7. The molecule has 0 radical (unpaired) electrons. The van der Waals surface area contributed by atoms with Crippen molar-refractivity contribution in [2.75, 3.05) is 26.3 Å². The second-order valence-corrected chi connectivity index (χ2v) is 7.64. The zero-order valence-corrected chi connectivity index (χ0v) is 18.1. The highest BCUT2D eigenvalue weighted by atomic mass is 16.6. The van der Waals surface area contributed by atoms with Gasteiger partial charge in [0.05, 0.1) is 25.2 Å². The van der Waals surface area contributed by atoms with Crippen LogP contribution in [-0.4, -0.2) is 60.9 Å². The highest BCUT2D eigenvalue weighted by Gasteiger charge is 2.23. The molecule has 0 fully saturated rings. The number of nitrogens with one attached hydrogen (secondary N) is 1. The summed E-state index contributed by atoms with van der Waals surface area (Å²) in [5.74, 6) is -0.0289. The number of nitrogens with zero attached hydrogens (tertiary/aromatic N) is 2. The van der Waals surface area contributed by atoms with Crippen molar-refractivity contribution < 1.29 is 28.6 Å². The summed E-state index contributed by atoms with van der Waals surface area (Å²) >= 11 is 0. The van der Waals surface area contributed by atoms with E-state index in [0.717, 1.165) is 11.3 Å². The van der Waals surface area contributed by atoms with Crippen molar-refractivity contribution in [2.45, 2.75) is 25.4 Å². The number of fused-ring (bicyclic) bond motifs is 1. The highest BCUT2D eigenvalue weighted by Crippen LogP contribution is 2.30. The van der Waals surface area contributed by atoms with Crippen LogP contribution in [-0.2, 0) is 19.1 Å². The Morgan fingerprint density at radius 3 is 2.61 bits per heavy atom. The van der Waals surface area contributed by atoms with Crippen LogP contribution in [0.25, 0.3) is 0 Å².